The van der Waals surface area contributed by atoms with Gasteiger partial charge in [0.1, 0.15) is 6.61 Å². The number of halogens is 1. The van der Waals surface area contributed by atoms with Crippen LogP contribution in [0.1, 0.15) is 28.9 Å². The minimum atomic E-state index is -0.0858. The molecular formula is C16H15BrO2. The first kappa shape index (κ1) is 14.0. The number of hydrogen-bond acceptors (Lipinski definition) is 2. The van der Waals surface area contributed by atoms with Crippen molar-refractivity contribution in [1.29, 1.82) is 0 Å². The summed E-state index contributed by atoms with van der Waals surface area (Å²) in [5, 5.41) is 0. The van der Waals surface area contributed by atoms with E-state index in [1.165, 1.54) is 0 Å². The Kier molecular flexibility index (Phi) is 4.88. The van der Waals surface area contributed by atoms with Gasteiger partial charge < -0.3 is 4.74 Å². The van der Waals surface area contributed by atoms with Crippen LogP contribution in [0, 0.1) is 0 Å². The second-order valence-electron chi connectivity index (χ2n) is 4.30. The number of ketones is 1. The van der Waals surface area contributed by atoms with Crippen molar-refractivity contribution >= 4 is 21.7 Å². The maximum atomic E-state index is 12.0. The van der Waals surface area contributed by atoms with Crippen LogP contribution in [0.3, 0.4) is 0 Å². The Hall–Kier alpha value is -1.45. The molecule has 0 radical (unpaired) electrons. The fourth-order valence-corrected chi connectivity index (χ4v) is 2.17. The minimum Gasteiger partial charge on any atom is -0.366 e. The molecule has 0 N–H and O–H groups in total. The molecule has 2 nitrogen and oxygen atoms in total. The highest BCUT2D eigenvalue weighted by atomic mass is 79.9. The maximum Gasteiger partial charge on any atom is 0.188 e. The molecule has 0 saturated carbocycles. The minimum absolute atomic E-state index is 0.0101. The van der Waals surface area contributed by atoms with Gasteiger partial charge in [0, 0.05) is 10.0 Å². The average Bonchev–Trinajstić information content (AvgIpc) is 2.45. The summed E-state index contributed by atoms with van der Waals surface area (Å²) in [7, 11) is 0. The van der Waals surface area contributed by atoms with E-state index in [0.717, 1.165) is 10.0 Å². The van der Waals surface area contributed by atoms with Crippen LogP contribution in [0.25, 0.3) is 0 Å². The lowest BCUT2D eigenvalue weighted by atomic mass is 10.1. The fraction of sp³-hybridized carbons (Fsp3) is 0.188. The average molecular weight is 319 g/mol. The van der Waals surface area contributed by atoms with Gasteiger partial charge in [0.15, 0.2) is 5.78 Å². The lowest BCUT2D eigenvalue weighted by molar-refractivity contribution is 0.0521. The largest absolute Gasteiger partial charge is 0.366 e. The van der Waals surface area contributed by atoms with Crippen molar-refractivity contribution in [1.82, 2.24) is 0 Å². The molecule has 19 heavy (non-hydrogen) atoms. The third-order valence-electron chi connectivity index (χ3n) is 2.88. The van der Waals surface area contributed by atoms with Crippen LogP contribution in [-0.4, -0.2) is 12.4 Å². The van der Waals surface area contributed by atoms with Crippen LogP contribution in [0.15, 0.2) is 59.1 Å². The van der Waals surface area contributed by atoms with E-state index >= 15 is 0 Å². The summed E-state index contributed by atoms with van der Waals surface area (Å²) < 4.78 is 6.52. The van der Waals surface area contributed by atoms with E-state index in [-0.39, 0.29) is 18.5 Å². The highest BCUT2D eigenvalue weighted by Gasteiger charge is 2.10. The smallest absolute Gasteiger partial charge is 0.188 e. The maximum absolute atomic E-state index is 12.0. The molecule has 0 aromatic heterocycles. The van der Waals surface area contributed by atoms with Crippen LogP contribution in [0.4, 0.5) is 0 Å². The number of hydrogen-bond donors (Lipinski definition) is 0. The predicted octanol–water partition coefficient (Wildman–Crippen LogP) is 4.41. The van der Waals surface area contributed by atoms with Crippen molar-refractivity contribution in [3.63, 3.8) is 0 Å². The quantitative estimate of drug-likeness (QED) is 0.763. The molecule has 0 spiro atoms. The van der Waals surface area contributed by atoms with Gasteiger partial charge >= 0.3 is 0 Å². The lowest BCUT2D eigenvalue weighted by Crippen LogP contribution is -2.11. The summed E-state index contributed by atoms with van der Waals surface area (Å²) in [4.78, 5) is 12.0. The van der Waals surface area contributed by atoms with Gasteiger partial charge in [-0.15, -0.1) is 0 Å². The summed E-state index contributed by atoms with van der Waals surface area (Å²) in [6, 6.07) is 17.2. The van der Waals surface area contributed by atoms with Crippen LogP contribution < -0.4 is 0 Å². The topological polar surface area (TPSA) is 26.3 Å². The fourth-order valence-electron chi connectivity index (χ4n) is 1.77. The van der Waals surface area contributed by atoms with Crippen LogP contribution in [-0.2, 0) is 4.74 Å². The van der Waals surface area contributed by atoms with Gasteiger partial charge in [0.05, 0.1) is 6.10 Å². The van der Waals surface area contributed by atoms with E-state index in [1.807, 2.05) is 49.4 Å². The Balaban J connectivity index is 1.94. The normalized spacial score (nSPS) is 12.1. The Bertz CT molecular complexity index is 552. The molecule has 3 heteroatoms. The number of ether oxygens (including phenoxy) is 1. The molecule has 2 rings (SSSR count). The number of Topliss-reactive ketones (excluding diaryl/α,β-unsaturated/α-hetero) is 1. The first-order chi connectivity index (χ1) is 9.16. The van der Waals surface area contributed by atoms with Crippen molar-refractivity contribution in [2.24, 2.45) is 0 Å². The zero-order valence-corrected chi connectivity index (χ0v) is 12.3. The van der Waals surface area contributed by atoms with Crippen molar-refractivity contribution in [3.8, 4) is 0 Å². The molecule has 0 saturated heterocycles. The number of carbonyl (C=O) groups is 1. The monoisotopic (exact) mass is 318 g/mol. The third kappa shape index (κ3) is 4.01. The molecule has 0 fully saturated rings. The molecule has 0 heterocycles. The van der Waals surface area contributed by atoms with Crippen molar-refractivity contribution in [2.45, 2.75) is 13.0 Å². The van der Waals surface area contributed by atoms with E-state index in [4.69, 9.17) is 4.74 Å². The summed E-state index contributed by atoms with van der Waals surface area (Å²) in [5.74, 6) is -0.0101. The van der Waals surface area contributed by atoms with Crippen molar-refractivity contribution < 1.29 is 9.53 Å². The highest BCUT2D eigenvalue weighted by molar-refractivity contribution is 9.10. The van der Waals surface area contributed by atoms with Gasteiger partial charge in [0.2, 0.25) is 0 Å². The zero-order valence-electron chi connectivity index (χ0n) is 10.7. The van der Waals surface area contributed by atoms with Crippen molar-refractivity contribution in [2.75, 3.05) is 6.61 Å². The first-order valence-electron chi connectivity index (χ1n) is 6.12. The summed E-state index contributed by atoms with van der Waals surface area (Å²) >= 11 is 3.35. The van der Waals surface area contributed by atoms with E-state index in [2.05, 4.69) is 15.9 Å². The molecule has 2 aromatic carbocycles. The molecule has 2 aromatic rings. The van der Waals surface area contributed by atoms with Crippen LogP contribution in [0.5, 0.6) is 0 Å². The van der Waals surface area contributed by atoms with E-state index < -0.39 is 0 Å². The van der Waals surface area contributed by atoms with Crippen LogP contribution in [0.2, 0.25) is 0 Å². The van der Waals surface area contributed by atoms with Gasteiger partial charge in [-0.3, -0.25) is 4.79 Å². The molecule has 0 bridgehead atoms. The van der Waals surface area contributed by atoms with E-state index in [1.54, 1.807) is 12.1 Å². The van der Waals surface area contributed by atoms with Gasteiger partial charge in [-0.25, -0.2) is 0 Å². The molecule has 0 aliphatic heterocycles. The Morgan fingerprint density at radius 2 is 1.89 bits per heavy atom. The molecule has 0 amide bonds. The Labute approximate surface area is 121 Å². The highest BCUT2D eigenvalue weighted by Crippen LogP contribution is 2.17. The Morgan fingerprint density at radius 3 is 2.58 bits per heavy atom. The van der Waals surface area contributed by atoms with Gasteiger partial charge in [-0.1, -0.05) is 58.4 Å². The first-order valence-corrected chi connectivity index (χ1v) is 6.91. The molecule has 0 aliphatic rings. The summed E-state index contributed by atoms with van der Waals surface area (Å²) in [5.41, 5.74) is 1.74. The Morgan fingerprint density at radius 1 is 1.16 bits per heavy atom. The summed E-state index contributed by atoms with van der Waals surface area (Å²) in [6.45, 7) is 2.04. The molecule has 1 atom stereocenters. The zero-order chi connectivity index (χ0) is 13.7. The SMILES string of the molecule is CC(OCC(=O)c1cccc(Br)c1)c1ccccc1. The van der Waals surface area contributed by atoms with E-state index in [0.29, 0.717) is 5.56 Å². The molecule has 98 valence electrons. The lowest BCUT2D eigenvalue weighted by Gasteiger charge is -2.12. The second kappa shape index (κ2) is 6.64. The third-order valence-corrected chi connectivity index (χ3v) is 3.37. The number of benzene rings is 2. The van der Waals surface area contributed by atoms with E-state index in [9.17, 15) is 4.79 Å². The number of carbonyl (C=O) groups excluding carboxylic acids is 1. The second-order valence-corrected chi connectivity index (χ2v) is 5.21. The standard InChI is InChI=1S/C16H15BrO2/c1-12(13-6-3-2-4-7-13)19-11-16(18)14-8-5-9-15(17)10-14/h2-10,12H,11H2,1H3. The van der Waals surface area contributed by atoms with Gasteiger partial charge in [-0.05, 0) is 24.6 Å². The molecular weight excluding hydrogens is 304 g/mol. The van der Waals surface area contributed by atoms with Gasteiger partial charge in [-0.2, -0.15) is 0 Å². The van der Waals surface area contributed by atoms with Crippen molar-refractivity contribution in [3.05, 3.63) is 70.2 Å². The summed E-state index contributed by atoms with van der Waals surface area (Å²) in [6.07, 6.45) is -0.0858. The van der Waals surface area contributed by atoms with Gasteiger partial charge in [0.25, 0.3) is 0 Å². The number of rotatable bonds is 5. The molecule has 1 unspecified atom stereocenters. The molecule has 0 aliphatic carbocycles. The predicted molar refractivity (Wildman–Crippen MR) is 79.3 cm³/mol. The van der Waals surface area contributed by atoms with Crippen LogP contribution >= 0.6 is 15.9 Å².